The monoisotopic (exact) mass is 422 g/mol. The van der Waals surface area contributed by atoms with E-state index >= 15 is 0 Å². The molecule has 1 amide bonds. The predicted molar refractivity (Wildman–Crippen MR) is 98.8 cm³/mol. The number of carbonyl (C=O) groups is 1. The molecule has 0 aliphatic rings. The summed E-state index contributed by atoms with van der Waals surface area (Å²) in [5.41, 5.74) is 0.587. The first-order chi connectivity index (χ1) is 9.67. The number of rotatable bonds is 6. The largest absolute Gasteiger partial charge is 0.355 e. The fourth-order valence-electron chi connectivity index (χ4n) is 1.45. The zero-order valence-electron chi connectivity index (χ0n) is 11.9. The third-order valence-corrected chi connectivity index (χ3v) is 2.70. The molecule has 0 fully saturated rings. The minimum Gasteiger partial charge on any atom is -0.355 e. The van der Waals surface area contributed by atoms with Crippen LogP contribution in [0.5, 0.6) is 0 Å². The Morgan fingerprint density at radius 3 is 2.43 bits per heavy atom. The molecule has 1 aromatic carbocycles. The molecule has 0 saturated heterocycles. The molecule has 5 nitrogen and oxygen atoms in total. The van der Waals surface area contributed by atoms with E-state index in [1.807, 2.05) is 0 Å². The molecule has 1 rings (SSSR count). The van der Waals surface area contributed by atoms with Gasteiger partial charge in [-0.25, -0.2) is 0 Å². The van der Waals surface area contributed by atoms with Crippen molar-refractivity contribution in [2.45, 2.75) is 0 Å². The Morgan fingerprint density at radius 1 is 1.24 bits per heavy atom. The van der Waals surface area contributed by atoms with E-state index in [1.165, 1.54) is 0 Å². The number of hydrogen-bond acceptors (Lipinski definition) is 2. The van der Waals surface area contributed by atoms with Crippen LogP contribution in [0.3, 0.4) is 0 Å². The van der Waals surface area contributed by atoms with Crippen LogP contribution in [0.2, 0.25) is 5.02 Å². The van der Waals surface area contributed by atoms with E-state index in [-0.39, 0.29) is 29.9 Å². The molecular weight excluding hydrogens is 403 g/mol. The summed E-state index contributed by atoms with van der Waals surface area (Å²) in [7, 11) is 1.69. The average molecular weight is 423 g/mol. The Labute approximate surface area is 147 Å². The molecule has 0 unspecified atom stereocenters. The van der Waals surface area contributed by atoms with Crippen molar-refractivity contribution in [2.75, 3.05) is 26.7 Å². The Morgan fingerprint density at radius 2 is 1.86 bits per heavy atom. The van der Waals surface area contributed by atoms with E-state index in [0.717, 1.165) is 0 Å². The lowest BCUT2D eigenvalue weighted by Crippen LogP contribution is -2.41. The first-order valence-corrected chi connectivity index (χ1v) is 6.64. The van der Waals surface area contributed by atoms with Gasteiger partial charge in [0.1, 0.15) is 0 Å². The highest BCUT2D eigenvalue weighted by Crippen LogP contribution is 2.08. The van der Waals surface area contributed by atoms with E-state index in [2.05, 4.69) is 27.5 Å². The number of hydrogen-bond donors (Lipinski definition) is 3. The molecule has 0 heterocycles. The van der Waals surface area contributed by atoms with Gasteiger partial charge in [-0.3, -0.25) is 9.79 Å². The maximum Gasteiger partial charge on any atom is 0.251 e. The number of amides is 1. The second-order valence-corrected chi connectivity index (χ2v) is 4.37. The molecule has 1 aromatic rings. The highest BCUT2D eigenvalue weighted by Gasteiger charge is 2.04. The van der Waals surface area contributed by atoms with Crippen molar-refractivity contribution in [3.63, 3.8) is 0 Å². The number of benzene rings is 1. The summed E-state index contributed by atoms with van der Waals surface area (Å²) in [6.45, 7) is 5.33. The summed E-state index contributed by atoms with van der Waals surface area (Å²) >= 11 is 5.77. The van der Waals surface area contributed by atoms with E-state index in [0.29, 0.717) is 36.2 Å². The molecule has 0 aromatic heterocycles. The third kappa shape index (κ3) is 7.91. The van der Waals surface area contributed by atoms with E-state index in [9.17, 15) is 4.79 Å². The minimum absolute atomic E-state index is 0. The zero-order valence-corrected chi connectivity index (χ0v) is 14.9. The molecule has 3 N–H and O–H groups in total. The van der Waals surface area contributed by atoms with Crippen molar-refractivity contribution in [1.82, 2.24) is 16.0 Å². The summed E-state index contributed by atoms with van der Waals surface area (Å²) in [4.78, 5) is 15.8. The van der Waals surface area contributed by atoms with Crippen molar-refractivity contribution in [2.24, 2.45) is 4.99 Å². The summed E-state index contributed by atoms with van der Waals surface area (Å²) in [6.07, 6.45) is 1.75. The average Bonchev–Trinajstić information content (AvgIpc) is 2.47. The van der Waals surface area contributed by atoms with Crippen LogP contribution < -0.4 is 16.0 Å². The molecule has 0 saturated carbocycles. The van der Waals surface area contributed by atoms with Gasteiger partial charge in [-0.05, 0) is 24.3 Å². The summed E-state index contributed by atoms with van der Waals surface area (Å²) in [6, 6.07) is 6.76. The molecular formula is C14H20ClIN4O. The molecule has 0 atom stereocenters. The predicted octanol–water partition coefficient (Wildman–Crippen LogP) is 2.04. The van der Waals surface area contributed by atoms with Crippen LogP contribution in [0.4, 0.5) is 0 Å². The molecule has 0 aliphatic heterocycles. The van der Waals surface area contributed by atoms with Gasteiger partial charge in [0.25, 0.3) is 5.91 Å². The second-order valence-electron chi connectivity index (χ2n) is 3.93. The van der Waals surface area contributed by atoms with Gasteiger partial charge >= 0.3 is 0 Å². The quantitative estimate of drug-likeness (QED) is 0.216. The number of aliphatic imine (C=N–C) groups is 1. The van der Waals surface area contributed by atoms with Crippen LogP contribution in [-0.2, 0) is 0 Å². The van der Waals surface area contributed by atoms with Crippen LogP contribution in [-0.4, -0.2) is 38.5 Å². The Balaban J connectivity index is 0.00000400. The fourth-order valence-corrected chi connectivity index (χ4v) is 1.58. The van der Waals surface area contributed by atoms with Crippen LogP contribution in [0.25, 0.3) is 0 Å². The highest BCUT2D eigenvalue weighted by atomic mass is 127. The molecule has 21 heavy (non-hydrogen) atoms. The van der Waals surface area contributed by atoms with Gasteiger partial charge in [0.2, 0.25) is 0 Å². The Kier molecular flexibility index (Phi) is 10.7. The maximum absolute atomic E-state index is 11.8. The first kappa shape index (κ1) is 19.7. The van der Waals surface area contributed by atoms with Crippen molar-refractivity contribution < 1.29 is 4.79 Å². The van der Waals surface area contributed by atoms with E-state index in [1.54, 1.807) is 37.4 Å². The standard InChI is InChI=1S/C14H19ClN4O.HI/c1-3-8-18-14(16-2)19-10-9-17-13(20)11-4-6-12(15)7-5-11;/h3-7H,1,8-10H2,2H3,(H,17,20)(H2,16,18,19);1H. The number of carbonyl (C=O) groups excluding carboxylic acids is 1. The topological polar surface area (TPSA) is 65.5 Å². The third-order valence-electron chi connectivity index (χ3n) is 2.45. The van der Waals surface area contributed by atoms with Crippen LogP contribution in [0.15, 0.2) is 41.9 Å². The van der Waals surface area contributed by atoms with Crippen molar-refractivity contribution in [3.05, 3.63) is 47.5 Å². The van der Waals surface area contributed by atoms with Crippen molar-refractivity contribution in [3.8, 4) is 0 Å². The van der Waals surface area contributed by atoms with Crippen LogP contribution in [0, 0.1) is 0 Å². The summed E-state index contributed by atoms with van der Waals surface area (Å²) in [5.74, 6) is 0.545. The van der Waals surface area contributed by atoms with Gasteiger partial charge in [0, 0.05) is 37.3 Å². The van der Waals surface area contributed by atoms with Gasteiger partial charge in [-0.2, -0.15) is 0 Å². The molecule has 0 spiro atoms. The number of guanidine groups is 1. The molecule has 116 valence electrons. The normalized spacial score (nSPS) is 10.3. The zero-order chi connectivity index (χ0) is 14.8. The van der Waals surface area contributed by atoms with Gasteiger partial charge in [0.05, 0.1) is 0 Å². The van der Waals surface area contributed by atoms with Crippen molar-refractivity contribution >= 4 is 47.4 Å². The highest BCUT2D eigenvalue weighted by molar-refractivity contribution is 14.0. The van der Waals surface area contributed by atoms with Gasteiger partial charge < -0.3 is 16.0 Å². The van der Waals surface area contributed by atoms with Gasteiger partial charge in [-0.1, -0.05) is 17.7 Å². The Hall–Kier alpha value is -1.28. The first-order valence-electron chi connectivity index (χ1n) is 6.26. The molecule has 0 radical (unpaired) electrons. The van der Waals surface area contributed by atoms with Gasteiger partial charge in [0.15, 0.2) is 5.96 Å². The maximum atomic E-state index is 11.8. The van der Waals surface area contributed by atoms with Crippen molar-refractivity contribution in [1.29, 1.82) is 0 Å². The van der Waals surface area contributed by atoms with Crippen LogP contribution >= 0.6 is 35.6 Å². The van der Waals surface area contributed by atoms with E-state index in [4.69, 9.17) is 11.6 Å². The lowest BCUT2D eigenvalue weighted by atomic mass is 10.2. The summed E-state index contributed by atoms with van der Waals surface area (Å²) in [5, 5.41) is 9.53. The second kappa shape index (κ2) is 11.4. The van der Waals surface area contributed by atoms with Gasteiger partial charge in [-0.15, -0.1) is 30.6 Å². The molecule has 0 aliphatic carbocycles. The molecule has 7 heteroatoms. The summed E-state index contributed by atoms with van der Waals surface area (Å²) < 4.78 is 0. The molecule has 0 bridgehead atoms. The SMILES string of the molecule is C=CCNC(=NC)NCCNC(=O)c1ccc(Cl)cc1.I. The fraction of sp³-hybridized carbons (Fsp3) is 0.286. The Bertz CT molecular complexity index is 476. The van der Waals surface area contributed by atoms with E-state index < -0.39 is 0 Å². The lowest BCUT2D eigenvalue weighted by molar-refractivity contribution is 0.0954. The smallest absolute Gasteiger partial charge is 0.251 e. The number of nitrogens with zero attached hydrogens (tertiary/aromatic N) is 1. The minimum atomic E-state index is -0.127. The number of nitrogens with one attached hydrogen (secondary N) is 3. The number of halogens is 2. The van der Waals surface area contributed by atoms with Crippen LogP contribution in [0.1, 0.15) is 10.4 Å². The lowest BCUT2D eigenvalue weighted by Gasteiger charge is -2.11.